The van der Waals surface area contributed by atoms with E-state index >= 15 is 0 Å². The molecule has 116 valence electrons. The minimum atomic E-state index is 0.0897. The minimum Gasteiger partial charge on any atom is -0.497 e. The monoisotopic (exact) mass is 334 g/mol. The molecule has 22 heavy (non-hydrogen) atoms. The first-order valence-electron chi connectivity index (χ1n) is 6.97. The van der Waals surface area contributed by atoms with Gasteiger partial charge in [-0.05, 0) is 61.5 Å². The van der Waals surface area contributed by atoms with Gasteiger partial charge >= 0.3 is 0 Å². The third-order valence-corrected chi connectivity index (χ3v) is 4.02. The molecule has 3 nitrogen and oxygen atoms in total. The van der Waals surface area contributed by atoms with E-state index in [-0.39, 0.29) is 6.04 Å². The molecule has 0 aromatic heterocycles. The van der Waals surface area contributed by atoms with Crippen LogP contribution in [0.15, 0.2) is 42.5 Å². The van der Waals surface area contributed by atoms with E-state index in [0.29, 0.717) is 5.11 Å². The summed E-state index contributed by atoms with van der Waals surface area (Å²) >= 11 is 11.5. The summed E-state index contributed by atoms with van der Waals surface area (Å²) in [6, 6.07) is 13.8. The maximum absolute atomic E-state index is 6.11. The number of hydrogen-bond acceptors (Lipinski definition) is 2. The summed E-state index contributed by atoms with van der Waals surface area (Å²) in [5.74, 6) is 0.839. The van der Waals surface area contributed by atoms with Crippen molar-refractivity contribution in [2.75, 3.05) is 12.4 Å². The van der Waals surface area contributed by atoms with Crippen molar-refractivity contribution in [2.45, 2.75) is 19.9 Å². The van der Waals surface area contributed by atoms with Crippen LogP contribution in [-0.2, 0) is 0 Å². The van der Waals surface area contributed by atoms with Gasteiger partial charge in [-0.2, -0.15) is 0 Å². The van der Waals surface area contributed by atoms with Gasteiger partial charge in [0, 0.05) is 10.7 Å². The lowest BCUT2D eigenvalue weighted by atomic mass is 10.1. The summed E-state index contributed by atoms with van der Waals surface area (Å²) in [5, 5.41) is 7.67. The Balaban J connectivity index is 1.96. The average molecular weight is 335 g/mol. The Bertz CT molecular complexity index is 658. The average Bonchev–Trinajstić information content (AvgIpc) is 2.51. The van der Waals surface area contributed by atoms with Crippen LogP contribution in [0, 0.1) is 6.92 Å². The van der Waals surface area contributed by atoms with Gasteiger partial charge in [-0.15, -0.1) is 0 Å². The predicted molar refractivity (Wildman–Crippen MR) is 97.0 cm³/mol. The highest BCUT2D eigenvalue weighted by Gasteiger charge is 2.08. The van der Waals surface area contributed by atoms with Crippen molar-refractivity contribution in [1.29, 1.82) is 0 Å². The van der Waals surface area contributed by atoms with Crippen molar-refractivity contribution in [3.63, 3.8) is 0 Å². The van der Waals surface area contributed by atoms with E-state index in [1.54, 1.807) is 7.11 Å². The van der Waals surface area contributed by atoms with Gasteiger partial charge in [-0.25, -0.2) is 0 Å². The summed E-state index contributed by atoms with van der Waals surface area (Å²) in [5.41, 5.74) is 3.04. The molecule has 2 N–H and O–H groups in total. The number of ether oxygens (including phenoxy) is 1. The van der Waals surface area contributed by atoms with Crippen molar-refractivity contribution in [1.82, 2.24) is 5.32 Å². The fourth-order valence-electron chi connectivity index (χ4n) is 2.01. The van der Waals surface area contributed by atoms with Crippen molar-refractivity contribution < 1.29 is 4.74 Å². The second-order valence-corrected chi connectivity index (χ2v) is 5.87. The second-order valence-electron chi connectivity index (χ2n) is 5.06. The van der Waals surface area contributed by atoms with Crippen LogP contribution < -0.4 is 15.4 Å². The zero-order valence-electron chi connectivity index (χ0n) is 12.8. The van der Waals surface area contributed by atoms with E-state index in [4.69, 9.17) is 28.6 Å². The number of benzene rings is 2. The zero-order chi connectivity index (χ0) is 16.1. The largest absolute Gasteiger partial charge is 0.497 e. The molecule has 1 atom stereocenters. The Morgan fingerprint density at radius 2 is 1.86 bits per heavy atom. The molecule has 0 amide bonds. The number of thiocarbonyl (C=S) groups is 1. The third kappa shape index (κ3) is 4.36. The Hall–Kier alpha value is -1.78. The maximum atomic E-state index is 6.11. The molecular weight excluding hydrogens is 316 g/mol. The number of hydrogen-bond donors (Lipinski definition) is 2. The van der Waals surface area contributed by atoms with Gasteiger partial charge in [0.15, 0.2) is 5.11 Å². The minimum absolute atomic E-state index is 0.0897. The summed E-state index contributed by atoms with van der Waals surface area (Å²) in [6.45, 7) is 4.02. The van der Waals surface area contributed by atoms with E-state index in [0.717, 1.165) is 27.6 Å². The molecule has 0 radical (unpaired) electrons. The molecule has 0 heterocycles. The van der Waals surface area contributed by atoms with Crippen molar-refractivity contribution in [3.8, 4) is 5.75 Å². The number of aryl methyl sites for hydroxylation is 1. The highest BCUT2D eigenvalue weighted by Crippen LogP contribution is 2.21. The van der Waals surface area contributed by atoms with E-state index in [2.05, 4.69) is 17.6 Å². The molecule has 0 saturated carbocycles. The molecule has 0 bridgehead atoms. The Morgan fingerprint density at radius 1 is 1.18 bits per heavy atom. The first kappa shape index (κ1) is 16.6. The fraction of sp³-hybridized carbons (Fsp3) is 0.235. The number of rotatable bonds is 4. The lowest BCUT2D eigenvalue weighted by Crippen LogP contribution is -2.30. The van der Waals surface area contributed by atoms with Crippen LogP contribution in [0.3, 0.4) is 0 Å². The van der Waals surface area contributed by atoms with Crippen LogP contribution in [0.2, 0.25) is 5.02 Å². The lowest BCUT2D eigenvalue weighted by Gasteiger charge is -2.18. The molecule has 2 aromatic carbocycles. The van der Waals surface area contributed by atoms with Crippen molar-refractivity contribution in [2.24, 2.45) is 0 Å². The normalized spacial score (nSPS) is 11.6. The Morgan fingerprint density at radius 3 is 2.45 bits per heavy atom. The highest BCUT2D eigenvalue weighted by molar-refractivity contribution is 7.80. The number of anilines is 1. The molecule has 0 fully saturated rings. The molecule has 0 aliphatic rings. The fourth-order valence-corrected chi connectivity index (χ4v) is 2.49. The lowest BCUT2D eigenvalue weighted by molar-refractivity contribution is 0.414. The molecule has 0 unspecified atom stereocenters. The van der Waals surface area contributed by atoms with Gasteiger partial charge in [0.05, 0.1) is 13.2 Å². The van der Waals surface area contributed by atoms with Gasteiger partial charge in [-0.1, -0.05) is 29.8 Å². The molecule has 2 rings (SSSR count). The van der Waals surface area contributed by atoms with E-state index < -0.39 is 0 Å². The van der Waals surface area contributed by atoms with Crippen LogP contribution in [0.4, 0.5) is 5.69 Å². The van der Waals surface area contributed by atoms with E-state index in [9.17, 15) is 0 Å². The van der Waals surface area contributed by atoms with Crippen LogP contribution in [0.5, 0.6) is 5.75 Å². The molecule has 0 spiro atoms. The Labute approximate surface area is 141 Å². The Kier molecular flexibility index (Phi) is 5.63. The topological polar surface area (TPSA) is 33.3 Å². The number of methoxy groups -OCH3 is 1. The summed E-state index contributed by atoms with van der Waals surface area (Å²) < 4.78 is 5.16. The van der Waals surface area contributed by atoms with Crippen molar-refractivity contribution in [3.05, 3.63) is 58.6 Å². The van der Waals surface area contributed by atoms with Crippen molar-refractivity contribution >= 4 is 34.6 Å². The standard InChI is InChI=1S/C17H19ClN2OS/c1-11-4-7-14(10-16(11)18)20-17(22)19-12(2)13-5-8-15(21-3)9-6-13/h4-10,12H,1-3H3,(H2,19,20,22)/t12-/m0/s1. The van der Waals surface area contributed by atoms with Crippen LogP contribution in [-0.4, -0.2) is 12.2 Å². The SMILES string of the molecule is COc1ccc([C@H](C)NC(=S)Nc2ccc(C)c(Cl)c2)cc1. The summed E-state index contributed by atoms with van der Waals surface area (Å²) in [7, 11) is 1.66. The van der Waals surface area contributed by atoms with Gasteiger partial charge in [0.1, 0.15) is 5.75 Å². The molecule has 0 aliphatic carbocycles. The van der Waals surface area contributed by atoms with E-state index in [1.165, 1.54) is 0 Å². The third-order valence-electron chi connectivity index (χ3n) is 3.39. The zero-order valence-corrected chi connectivity index (χ0v) is 14.4. The van der Waals surface area contributed by atoms with Crippen LogP contribution >= 0.6 is 23.8 Å². The smallest absolute Gasteiger partial charge is 0.171 e. The predicted octanol–water partition coefficient (Wildman–Crippen LogP) is 4.70. The number of halogens is 1. The summed E-state index contributed by atoms with van der Waals surface area (Å²) in [4.78, 5) is 0. The quantitative estimate of drug-likeness (QED) is 0.794. The number of nitrogens with one attached hydrogen (secondary N) is 2. The van der Waals surface area contributed by atoms with Gasteiger partial charge < -0.3 is 15.4 Å². The second kappa shape index (κ2) is 7.47. The van der Waals surface area contributed by atoms with E-state index in [1.807, 2.05) is 49.4 Å². The van der Waals surface area contributed by atoms with Gasteiger partial charge in [-0.3, -0.25) is 0 Å². The van der Waals surface area contributed by atoms with Crippen LogP contribution in [0.1, 0.15) is 24.1 Å². The highest BCUT2D eigenvalue weighted by atomic mass is 35.5. The molecule has 0 saturated heterocycles. The summed E-state index contributed by atoms with van der Waals surface area (Å²) in [6.07, 6.45) is 0. The molecule has 0 aliphatic heterocycles. The van der Waals surface area contributed by atoms with Gasteiger partial charge in [0.25, 0.3) is 0 Å². The maximum Gasteiger partial charge on any atom is 0.171 e. The first-order chi connectivity index (χ1) is 10.5. The molecule has 2 aromatic rings. The van der Waals surface area contributed by atoms with Crippen LogP contribution in [0.25, 0.3) is 0 Å². The molecular formula is C17H19ClN2OS. The first-order valence-corrected chi connectivity index (χ1v) is 7.76. The molecule has 5 heteroatoms. The van der Waals surface area contributed by atoms with Gasteiger partial charge in [0.2, 0.25) is 0 Å².